The number of benzene rings is 2. The second kappa shape index (κ2) is 10.2. The summed E-state index contributed by atoms with van der Waals surface area (Å²) in [6.07, 6.45) is 5.81. The molecule has 2 aliphatic carbocycles. The maximum atomic E-state index is 14.3. The first kappa shape index (κ1) is 24.3. The summed E-state index contributed by atoms with van der Waals surface area (Å²) >= 11 is 0. The molecule has 0 aromatic heterocycles. The molecule has 0 aliphatic heterocycles. The first-order valence-corrected chi connectivity index (χ1v) is 13.6. The van der Waals surface area contributed by atoms with Gasteiger partial charge >= 0.3 is 7.60 Å². The zero-order valence-corrected chi connectivity index (χ0v) is 20.2. The molecule has 5 nitrogen and oxygen atoms in total. The van der Waals surface area contributed by atoms with Gasteiger partial charge in [-0.1, -0.05) is 19.1 Å². The monoisotopic (exact) mass is 476 g/mol. The lowest BCUT2D eigenvalue weighted by molar-refractivity contribution is 0.199. The molecule has 2 atom stereocenters. The van der Waals surface area contributed by atoms with Gasteiger partial charge in [-0.15, -0.1) is 0 Å². The Morgan fingerprint density at radius 1 is 1.03 bits per heavy atom. The van der Waals surface area contributed by atoms with Gasteiger partial charge in [0.15, 0.2) is 0 Å². The van der Waals surface area contributed by atoms with Crippen molar-refractivity contribution in [1.82, 2.24) is 0 Å². The van der Waals surface area contributed by atoms with Crippen molar-refractivity contribution >= 4 is 7.60 Å². The van der Waals surface area contributed by atoms with E-state index in [9.17, 15) is 18.7 Å². The molecule has 7 heteroatoms. The molecule has 2 N–H and O–H groups in total. The first-order valence-electron chi connectivity index (χ1n) is 11.9. The third-order valence-corrected chi connectivity index (χ3v) is 8.78. The van der Waals surface area contributed by atoms with Gasteiger partial charge in [0.05, 0.1) is 19.4 Å². The third kappa shape index (κ3) is 5.98. The van der Waals surface area contributed by atoms with Gasteiger partial charge < -0.3 is 19.3 Å². The van der Waals surface area contributed by atoms with Crippen LogP contribution in [0, 0.1) is 17.7 Å². The van der Waals surface area contributed by atoms with E-state index in [1.807, 2.05) is 30.3 Å². The summed E-state index contributed by atoms with van der Waals surface area (Å²) in [6.45, 7) is 2.25. The summed E-state index contributed by atoms with van der Waals surface area (Å²) in [5.41, 5.74) is 0.988. The van der Waals surface area contributed by atoms with Crippen molar-refractivity contribution in [2.45, 2.75) is 62.9 Å². The molecule has 0 amide bonds. The van der Waals surface area contributed by atoms with Crippen LogP contribution in [0.4, 0.5) is 4.39 Å². The zero-order valence-electron chi connectivity index (χ0n) is 19.3. The molecular weight excluding hydrogens is 442 g/mol. The summed E-state index contributed by atoms with van der Waals surface area (Å²) in [4.78, 5) is 19.5. The van der Waals surface area contributed by atoms with Crippen molar-refractivity contribution in [3.05, 3.63) is 59.4 Å². The smallest absolute Gasteiger partial charge is 0.328 e. The highest BCUT2D eigenvalue weighted by atomic mass is 31.2. The van der Waals surface area contributed by atoms with Crippen LogP contribution >= 0.6 is 7.60 Å². The Hall–Kier alpha value is -1.88. The second-order valence-corrected chi connectivity index (χ2v) is 11.7. The lowest BCUT2D eigenvalue weighted by Crippen LogP contribution is -2.20. The van der Waals surface area contributed by atoms with E-state index in [0.29, 0.717) is 24.2 Å². The van der Waals surface area contributed by atoms with Crippen molar-refractivity contribution in [2.75, 3.05) is 13.7 Å². The quantitative estimate of drug-likeness (QED) is 0.419. The van der Waals surface area contributed by atoms with Crippen LogP contribution < -0.4 is 9.47 Å². The molecule has 0 saturated heterocycles. The molecule has 2 saturated carbocycles. The Bertz CT molecular complexity index is 994. The summed E-state index contributed by atoms with van der Waals surface area (Å²) < 4.78 is 37.6. The van der Waals surface area contributed by atoms with Crippen LogP contribution in [0.1, 0.15) is 68.4 Å². The number of halogens is 1. The molecule has 2 fully saturated rings. The molecule has 2 aromatic carbocycles. The highest BCUT2D eigenvalue weighted by Crippen LogP contribution is 2.55. The van der Waals surface area contributed by atoms with Crippen LogP contribution in [-0.4, -0.2) is 29.2 Å². The predicted octanol–water partition coefficient (Wildman–Crippen LogP) is 6.25. The highest BCUT2D eigenvalue weighted by Gasteiger charge is 2.42. The molecule has 2 aliphatic rings. The maximum absolute atomic E-state index is 14.3. The molecule has 0 bridgehead atoms. The number of hydrogen-bond acceptors (Lipinski definition) is 3. The summed E-state index contributed by atoms with van der Waals surface area (Å²) in [5, 5.41) is 0. The molecule has 33 heavy (non-hydrogen) atoms. The lowest BCUT2D eigenvalue weighted by atomic mass is 9.79. The number of ether oxygens (including phenoxy) is 2. The average molecular weight is 477 g/mol. The van der Waals surface area contributed by atoms with Crippen molar-refractivity contribution in [1.29, 1.82) is 0 Å². The van der Waals surface area contributed by atoms with Crippen molar-refractivity contribution < 1.29 is 28.2 Å². The van der Waals surface area contributed by atoms with E-state index in [4.69, 9.17) is 9.47 Å². The Morgan fingerprint density at radius 2 is 1.76 bits per heavy atom. The molecule has 180 valence electrons. The fourth-order valence-corrected chi connectivity index (χ4v) is 6.07. The van der Waals surface area contributed by atoms with Crippen molar-refractivity contribution in [2.24, 2.45) is 11.8 Å². The van der Waals surface area contributed by atoms with E-state index in [1.54, 1.807) is 20.1 Å². The van der Waals surface area contributed by atoms with E-state index in [0.717, 1.165) is 55.4 Å². The van der Waals surface area contributed by atoms with Gasteiger partial charge in [0.1, 0.15) is 17.3 Å². The maximum Gasteiger partial charge on any atom is 0.328 e. The Kier molecular flexibility index (Phi) is 7.47. The molecule has 0 spiro atoms. The van der Waals surface area contributed by atoms with Crippen LogP contribution in [0.15, 0.2) is 42.5 Å². The number of hydrogen-bond donors (Lipinski definition) is 2. The lowest BCUT2D eigenvalue weighted by Gasteiger charge is -2.29. The normalized spacial score (nSPS) is 23.1. The van der Waals surface area contributed by atoms with E-state index in [1.165, 1.54) is 6.07 Å². The van der Waals surface area contributed by atoms with Crippen molar-refractivity contribution in [3.8, 4) is 11.5 Å². The van der Waals surface area contributed by atoms with Gasteiger partial charge in [0, 0.05) is 5.92 Å². The Morgan fingerprint density at radius 3 is 2.39 bits per heavy atom. The topological polar surface area (TPSA) is 76.0 Å². The van der Waals surface area contributed by atoms with Crippen LogP contribution in [-0.2, 0) is 4.57 Å². The minimum atomic E-state index is -4.16. The second-order valence-electron chi connectivity index (χ2n) is 9.68. The van der Waals surface area contributed by atoms with E-state index >= 15 is 0 Å². The fourth-order valence-electron chi connectivity index (χ4n) is 5.24. The van der Waals surface area contributed by atoms with Gasteiger partial charge in [0.2, 0.25) is 0 Å². The molecule has 2 unspecified atom stereocenters. The summed E-state index contributed by atoms with van der Waals surface area (Å²) in [5.74, 6) is 2.06. The Balaban J connectivity index is 1.35. The van der Waals surface area contributed by atoms with Crippen LogP contribution in [0.25, 0.3) is 0 Å². The van der Waals surface area contributed by atoms with E-state index < -0.39 is 13.3 Å². The molecule has 0 radical (unpaired) electrons. The van der Waals surface area contributed by atoms with Gasteiger partial charge in [-0.2, -0.15) is 0 Å². The highest BCUT2D eigenvalue weighted by molar-refractivity contribution is 7.52. The SMILES string of the molecule is COc1ccc(F)c(C2CCC(COc3cccc(C(C4CC4)C(C)P(=O)(O)O)c3)CC2)c1. The first-order chi connectivity index (χ1) is 15.8. The van der Waals surface area contributed by atoms with Gasteiger partial charge in [-0.05, 0) is 97.7 Å². The summed E-state index contributed by atoms with van der Waals surface area (Å²) in [6, 6.07) is 12.7. The summed E-state index contributed by atoms with van der Waals surface area (Å²) in [7, 11) is -2.56. The standard InChI is InChI=1S/C26H34FO5P/c1-17(33(28,29)30)26(20-10-11-20)21-4-3-5-23(14-21)32-16-18-6-8-19(9-7-18)24-15-22(31-2)12-13-25(24)27/h3-5,12-15,17-20,26H,6-11,16H2,1-2H3,(H2,28,29,30). The van der Waals surface area contributed by atoms with Crippen LogP contribution in [0.2, 0.25) is 0 Å². The minimum absolute atomic E-state index is 0.150. The largest absolute Gasteiger partial charge is 0.497 e. The van der Waals surface area contributed by atoms with Gasteiger partial charge in [-0.25, -0.2) is 4.39 Å². The zero-order chi connectivity index (χ0) is 23.6. The fraction of sp³-hybridized carbons (Fsp3) is 0.538. The molecule has 2 aromatic rings. The predicted molar refractivity (Wildman–Crippen MR) is 127 cm³/mol. The van der Waals surface area contributed by atoms with E-state index in [-0.39, 0.29) is 17.7 Å². The molecule has 4 rings (SSSR count). The van der Waals surface area contributed by atoms with Gasteiger partial charge in [0.25, 0.3) is 0 Å². The van der Waals surface area contributed by atoms with Gasteiger partial charge in [-0.3, -0.25) is 4.57 Å². The minimum Gasteiger partial charge on any atom is -0.497 e. The molecular formula is C26H34FO5P. The molecule has 0 heterocycles. The average Bonchev–Trinajstić information content (AvgIpc) is 3.63. The van der Waals surface area contributed by atoms with Crippen molar-refractivity contribution in [3.63, 3.8) is 0 Å². The third-order valence-electron chi connectivity index (χ3n) is 7.40. The Labute approximate surface area is 195 Å². The van der Waals surface area contributed by atoms with Crippen LogP contribution in [0.5, 0.6) is 11.5 Å². The van der Waals surface area contributed by atoms with E-state index in [2.05, 4.69) is 0 Å². The van der Waals surface area contributed by atoms with Crippen LogP contribution in [0.3, 0.4) is 0 Å². The number of methoxy groups -OCH3 is 1. The number of rotatable bonds is 9.